The van der Waals surface area contributed by atoms with Gasteiger partial charge in [-0.05, 0) is 33.1 Å². The summed E-state index contributed by atoms with van der Waals surface area (Å²) in [5.74, 6) is 2.77. The number of imidazole rings is 1. The molecule has 1 saturated heterocycles. The van der Waals surface area contributed by atoms with Crippen LogP contribution in [0, 0.1) is 12.8 Å². The standard InChI is InChI=1S/C22H28N8O/c1-3-30-20(16-10-23-14(2)24-11-16)28-18-19(25-13-26-21(18)30)27-17-8-9-29(12-17)22(31)15-6-4-5-7-15/h10-11,13,15,17H,3-9,12H2,1-2H3,(H,25,26,27)/t17-/m0/s1. The fourth-order valence-corrected chi connectivity index (χ4v) is 4.77. The van der Waals surface area contributed by atoms with Gasteiger partial charge in [-0.2, -0.15) is 0 Å². The van der Waals surface area contributed by atoms with Crippen LogP contribution in [0.3, 0.4) is 0 Å². The summed E-state index contributed by atoms with van der Waals surface area (Å²) in [5.41, 5.74) is 2.37. The number of aromatic nitrogens is 6. The molecule has 2 aliphatic rings. The van der Waals surface area contributed by atoms with E-state index in [2.05, 4.69) is 36.7 Å². The van der Waals surface area contributed by atoms with Crippen LogP contribution < -0.4 is 5.32 Å². The van der Waals surface area contributed by atoms with Crippen LogP contribution in [0.2, 0.25) is 0 Å². The Balaban J connectivity index is 1.39. The first-order chi connectivity index (χ1) is 15.1. The van der Waals surface area contributed by atoms with Gasteiger partial charge in [0, 0.05) is 44.0 Å². The number of fused-ring (bicyclic) bond motifs is 1. The van der Waals surface area contributed by atoms with Gasteiger partial charge in [-0.1, -0.05) is 12.8 Å². The molecule has 9 heteroatoms. The number of anilines is 1. The van der Waals surface area contributed by atoms with Crippen LogP contribution in [-0.4, -0.2) is 59.4 Å². The maximum atomic E-state index is 12.8. The van der Waals surface area contributed by atoms with E-state index in [4.69, 9.17) is 4.98 Å². The molecule has 4 heterocycles. The van der Waals surface area contributed by atoms with Crippen molar-refractivity contribution >= 4 is 22.9 Å². The number of carbonyl (C=O) groups excluding carboxylic acids is 1. The summed E-state index contributed by atoms with van der Waals surface area (Å²) in [6, 6.07) is 0.168. The third-order valence-electron chi connectivity index (χ3n) is 6.43. The average Bonchev–Trinajstić information content (AvgIpc) is 3.54. The summed E-state index contributed by atoms with van der Waals surface area (Å²) in [6.45, 7) is 6.18. The van der Waals surface area contributed by atoms with Crippen LogP contribution in [0.4, 0.5) is 5.82 Å². The smallest absolute Gasteiger partial charge is 0.225 e. The van der Waals surface area contributed by atoms with E-state index in [9.17, 15) is 4.79 Å². The molecule has 9 nitrogen and oxygen atoms in total. The molecule has 1 aliphatic carbocycles. The Bertz CT molecular complexity index is 1090. The number of nitrogens with zero attached hydrogens (tertiary/aromatic N) is 7. The summed E-state index contributed by atoms with van der Waals surface area (Å²) >= 11 is 0. The lowest BCUT2D eigenvalue weighted by Gasteiger charge is -2.20. The molecule has 1 aliphatic heterocycles. The third-order valence-corrected chi connectivity index (χ3v) is 6.43. The van der Waals surface area contributed by atoms with Crippen LogP contribution >= 0.6 is 0 Å². The molecule has 0 bridgehead atoms. The van der Waals surface area contributed by atoms with Crippen molar-refractivity contribution < 1.29 is 4.79 Å². The molecule has 162 valence electrons. The van der Waals surface area contributed by atoms with Crippen molar-refractivity contribution in [2.75, 3.05) is 18.4 Å². The fourth-order valence-electron chi connectivity index (χ4n) is 4.77. The Morgan fingerprint density at radius 3 is 2.65 bits per heavy atom. The second kappa shape index (κ2) is 8.20. The van der Waals surface area contributed by atoms with Crippen molar-refractivity contribution in [3.8, 4) is 11.4 Å². The van der Waals surface area contributed by atoms with Crippen molar-refractivity contribution in [2.45, 2.75) is 58.5 Å². The third kappa shape index (κ3) is 3.73. The minimum Gasteiger partial charge on any atom is -0.364 e. The molecule has 1 N–H and O–H groups in total. The molecule has 0 radical (unpaired) electrons. The van der Waals surface area contributed by atoms with Crippen molar-refractivity contribution in [3.05, 3.63) is 24.5 Å². The Morgan fingerprint density at radius 1 is 1.13 bits per heavy atom. The Labute approximate surface area is 181 Å². The summed E-state index contributed by atoms with van der Waals surface area (Å²) in [6.07, 6.45) is 10.5. The van der Waals surface area contributed by atoms with Gasteiger partial charge in [0.1, 0.15) is 18.0 Å². The first-order valence-electron chi connectivity index (χ1n) is 11.2. The maximum absolute atomic E-state index is 12.8. The van der Waals surface area contributed by atoms with Crippen LogP contribution in [0.5, 0.6) is 0 Å². The number of rotatable bonds is 5. The highest BCUT2D eigenvalue weighted by molar-refractivity contribution is 5.86. The van der Waals surface area contributed by atoms with Crippen molar-refractivity contribution in [1.82, 2.24) is 34.4 Å². The Morgan fingerprint density at radius 2 is 1.90 bits per heavy atom. The molecular formula is C22H28N8O. The van der Waals surface area contributed by atoms with Crippen LogP contribution in [0.15, 0.2) is 18.7 Å². The predicted octanol–water partition coefficient (Wildman–Crippen LogP) is 2.81. The van der Waals surface area contributed by atoms with E-state index in [0.29, 0.717) is 18.3 Å². The molecule has 31 heavy (non-hydrogen) atoms. The number of aryl methyl sites for hydroxylation is 2. The summed E-state index contributed by atoms with van der Waals surface area (Å²) in [7, 11) is 0. The lowest BCUT2D eigenvalue weighted by molar-refractivity contribution is -0.134. The highest BCUT2D eigenvalue weighted by Gasteiger charge is 2.32. The predicted molar refractivity (Wildman–Crippen MR) is 117 cm³/mol. The van der Waals surface area contributed by atoms with Gasteiger partial charge in [-0.25, -0.2) is 24.9 Å². The molecule has 1 atom stereocenters. The van der Waals surface area contributed by atoms with Crippen LogP contribution in [0.25, 0.3) is 22.6 Å². The number of likely N-dealkylation sites (tertiary alicyclic amines) is 1. The van der Waals surface area contributed by atoms with Gasteiger partial charge < -0.3 is 14.8 Å². The largest absolute Gasteiger partial charge is 0.364 e. The van der Waals surface area contributed by atoms with E-state index < -0.39 is 0 Å². The average molecular weight is 421 g/mol. The summed E-state index contributed by atoms with van der Waals surface area (Å²) < 4.78 is 2.06. The van der Waals surface area contributed by atoms with Gasteiger partial charge in [-0.3, -0.25) is 4.79 Å². The molecule has 5 rings (SSSR count). The molecule has 3 aromatic heterocycles. The molecule has 3 aromatic rings. The monoisotopic (exact) mass is 420 g/mol. The van der Waals surface area contributed by atoms with Gasteiger partial charge >= 0.3 is 0 Å². The zero-order valence-corrected chi connectivity index (χ0v) is 18.1. The molecular weight excluding hydrogens is 392 g/mol. The van der Waals surface area contributed by atoms with Gasteiger partial charge in [0.15, 0.2) is 17.0 Å². The minimum absolute atomic E-state index is 0.168. The SMILES string of the molecule is CCn1c(-c2cnc(C)nc2)nc2c(N[C@H]3CCN(C(=O)C4CCCC4)C3)ncnc21. The first kappa shape index (κ1) is 19.8. The van der Waals surface area contributed by atoms with Crippen molar-refractivity contribution in [2.24, 2.45) is 5.92 Å². The van der Waals surface area contributed by atoms with E-state index in [0.717, 1.165) is 60.7 Å². The topological polar surface area (TPSA) is 102 Å². The Kier molecular flexibility index (Phi) is 5.25. The number of amides is 1. The zero-order chi connectivity index (χ0) is 21.4. The van der Waals surface area contributed by atoms with Gasteiger partial charge in [0.2, 0.25) is 5.91 Å². The summed E-state index contributed by atoms with van der Waals surface area (Å²) in [5, 5.41) is 3.53. The second-order valence-electron chi connectivity index (χ2n) is 8.49. The van der Waals surface area contributed by atoms with E-state index in [1.165, 1.54) is 12.8 Å². The van der Waals surface area contributed by atoms with E-state index >= 15 is 0 Å². The number of hydrogen-bond acceptors (Lipinski definition) is 7. The highest BCUT2D eigenvalue weighted by atomic mass is 16.2. The van der Waals surface area contributed by atoms with Crippen molar-refractivity contribution in [1.29, 1.82) is 0 Å². The molecule has 0 spiro atoms. The number of carbonyl (C=O) groups is 1. The normalized spacial score (nSPS) is 19.4. The molecule has 0 unspecified atom stereocenters. The van der Waals surface area contributed by atoms with Gasteiger partial charge in [-0.15, -0.1) is 0 Å². The first-order valence-corrected chi connectivity index (χ1v) is 11.2. The quantitative estimate of drug-likeness (QED) is 0.677. The van der Waals surface area contributed by atoms with E-state index in [1.54, 1.807) is 18.7 Å². The highest BCUT2D eigenvalue weighted by Crippen LogP contribution is 2.30. The molecule has 1 amide bonds. The fraction of sp³-hybridized carbons (Fsp3) is 0.545. The zero-order valence-electron chi connectivity index (χ0n) is 18.1. The van der Waals surface area contributed by atoms with Crippen LogP contribution in [0.1, 0.15) is 44.9 Å². The van der Waals surface area contributed by atoms with E-state index in [1.807, 2.05) is 11.8 Å². The maximum Gasteiger partial charge on any atom is 0.225 e. The second-order valence-corrected chi connectivity index (χ2v) is 8.49. The minimum atomic E-state index is 0.168. The lowest BCUT2D eigenvalue weighted by Crippen LogP contribution is -2.35. The summed E-state index contributed by atoms with van der Waals surface area (Å²) in [4.78, 5) is 37.2. The van der Waals surface area contributed by atoms with Gasteiger partial charge in [0.05, 0.1) is 5.56 Å². The van der Waals surface area contributed by atoms with Crippen LogP contribution in [-0.2, 0) is 11.3 Å². The molecule has 1 saturated carbocycles. The van der Waals surface area contributed by atoms with E-state index in [-0.39, 0.29) is 12.0 Å². The van der Waals surface area contributed by atoms with Gasteiger partial charge in [0.25, 0.3) is 0 Å². The molecule has 2 fully saturated rings. The Hall–Kier alpha value is -3.10. The number of hydrogen-bond donors (Lipinski definition) is 1. The van der Waals surface area contributed by atoms with Crippen molar-refractivity contribution in [3.63, 3.8) is 0 Å². The number of nitrogens with one attached hydrogen (secondary N) is 1. The lowest BCUT2D eigenvalue weighted by atomic mass is 10.1. The molecule has 0 aromatic carbocycles.